The molecular weight excluding hydrogens is 464 g/mol. The monoisotopic (exact) mass is 496 g/mol. The average Bonchev–Trinajstić information content (AvgIpc) is 2.91. The van der Waals surface area contributed by atoms with Crippen LogP contribution < -0.4 is 5.32 Å². The van der Waals surface area contributed by atoms with Crippen LogP contribution in [0.1, 0.15) is 58.8 Å². The van der Waals surface area contributed by atoms with Crippen molar-refractivity contribution in [2.45, 2.75) is 46.2 Å². The minimum Gasteiger partial charge on any atom is -0.463 e. The lowest BCUT2D eigenvalue weighted by Crippen LogP contribution is -2.38. The molecule has 0 aliphatic carbocycles. The van der Waals surface area contributed by atoms with Crippen LogP contribution in [0.3, 0.4) is 0 Å². The minimum absolute atomic E-state index is 0.0548. The molecule has 4 rings (SSSR count). The van der Waals surface area contributed by atoms with Crippen molar-refractivity contribution < 1.29 is 19.1 Å². The van der Waals surface area contributed by atoms with Crippen LogP contribution >= 0.6 is 0 Å². The molecule has 1 atom stereocenters. The lowest BCUT2D eigenvalue weighted by atomic mass is 9.83. The highest BCUT2D eigenvalue weighted by atomic mass is 16.5. The summed E-state index contributed by atoms with van der Waals surface area (Å²) in [7, 11) is 0. The molecule has 0 aromatic heterocycles. The van der Waals surface area contributed by atoms with Crippen LogP contribution in [0, 0.1) is 6.92 Å². The van der Waals surface area contributed by atoms with E-state index in [2.05, 4.69) is 5.32 Å². The smallest absolute Gasteiger partial charge is 0.336 e. The fraction of sp³-hybridized carbons (Fsp3) is 0.258. The third kappa shape index (κ3) is 6.15. The summed E-state index contributed by atoms with van der Waals surface area (Å²) < 4.78 is 5.38. The molecule has 6 heteroatoms. The summed E-state index contributed by atoms with van der Waals surface area (Å²) in [5.41, 5.74) is 5.59. The van der Waals surface area contributed by atoms with Gasteiger partial charge in [-0.15, -0.1) is 0 Å². The number of hydrogen-bond acceptors (Lipinski definition) is 4. The van der Waals surface area contributed by atoms with Crippen molar-refractivity contribution in [2.75, 3.05) is 6.61 Å². The first kappa shape index (κ1) is 25.9. The lowest BCUT2D eigenvalue weighted by Gasteiger charge is -2.34. The Morgan fingerprint density at radius 2 is 1.59 bits per heavy atom. The Bertz CT molecular complexity index is 1300. The maximum Gasteiger partial charge on any atom is 0.336 e. The Morgan fingerprint density at radius 3 is 2.24 bits per heavy atom. The number of aryl methyl sites for hydroxylation is 1. The van der Waals surface area contributed by atoms with Gasteiger partial charge in [-0.25, -0.2) is 4.79 Å². The minimum atomic E-state index is -0.395. The van der Waals surface area contributed by atoms with Crippen LogP contribution in [0.15, 0.2) is 90.1 Å². The molecule has 3 aromatic rings. The number of amides is 2. The summed E-state index contributed by atoms with van der Waals surface area (Å²) in [6, 6.07) is 24.8. The van der Waals surface area contributed by atoms with E-state index in [1.54, 1.807) is 30.9 Å². The molecule has 0 spiro atoms. The predicted octanol–water partition coefficient (Wildman–Crippen LogP) is 5.28. The summed E-state index contributed by atoms with van der Waals surface area (Å²) in [4.78, 5) is 40.4. The van der Waals surface area contributed by atoms with E-state index in [9.17, 15) is 14.4 Å². The number of ether oxygens (including phenoxy) is 1. The lowest BCUT2D eigenvalue weighted by molar-refractivity contribution is -0.140. The highest BCUT2D eigenvalue weighted by Crippen LogP contribution is 2.37. The van der Waals surface area contributed by atoms with Gasteiger partial charge < -0.3 is 15.0 Å². The molecule has 0 unspecified atom stereocenters. The maximum absolute atomic E-state index is 13.3. The molecule has 1 heterocycles. The topological polar surface area (TPSA) is 75.7 Å². The Morgan fingerprint density at radius 1 is 0.919 bits per heavy atom. The zero-order valence-corrected chi connectivity index (χ0v) is 21.5. The van der Waals surface area contributed by atoms with Crippen molar-refractivity contribution in [2.24, 2.45) is 0 Å². The van der Waals surface area contributed by atoms with Crippen molar-refractivity contribution in [1.82, 2.24) is 10.2 Å². The molecule has 1 aliphatic rings. The van der Waals surface area contributed by atoms with Gasteiger partial charge in [0, 0.05) is 30.1 Å². The molecule has 1 aliphatic heterocycles. The number of rotatable bonds is 8. The fourth-order valence-corrected chi connectivity index (χ4v) is 4.58. The van der Waals surface area contributed by atoms with Gasteiger partial charge >= 0.3 is 5.97 Å². The van der Waals surface area contributed by atoms with E-state index in [0.29, 0.717) is 29.9 Å². The SMILES string of the molecule is CCOC(=O)C1=C(C)N(Cc2ccc(C(=O)NCc3ccccc3)cc2)C(=O)C[C@H]1c1ccc(C)cc1. The van der Waals surface area contributed by atoms with Crippen LogP contribution in [0.2, 0.25) is 0 Å². The Kier molecular flexibility index (Phi) is 8.18. The van der Waals surface area contributed by atoms with E-state index < -0.39 is 5.97 Å². The van der Waals surface area contributed by atoms with E-state index in [4.69, 9.17) is 4.74 Å². The first-order chi connectivity index (χ1) is 17.9. The molecule has 2 amide bonds. The summed E-state index contributed by atoms with van der Waals surface area (Å²) in [5.74, 6) is -0.959. The van der Waals surface area contributed by atoms with Gasteiger partial charge in [-0.3, -0.25) is 9.59 Å². The normalized spacial score (nSPS) is 15.5. The van der Waals surface area contributed by atoms with Crippen molar-refractivity contribution in [3.8, 4) is 0 Å². The van der Waals surface area contributed by atoms with Gasteiger partial charge in [0.25, 0.3) is 5.91 Å². The van der Waals surface area contributed by atoms with Gasteiger partial charge in [-0.05, 0) is 49.6 Å². The summed E-state index contributed by atoms with van der Waals surface area (Å²) in [6.07, 6.45) is 0.189. The highest BCUT2D eigenvalue weighted by Gasteiger charge is 2.36. The molecular formula is C31H32N2O4. The van der Waals surface area contributed by atoms with Gasteiger partial charge in [-0.1, -0.05) is 72.3 Å². The van der Waals surface area contributed by atoms with Gasteiger partial charge in [0.2, 0.25) is 5.91 Å². The Balaban J connectivity index is 1.52. The second kappa shape index (κ2) is 11.7. The van der Waals surface area contributed by atoms with Crippen LogP contribution in [-0.2, 0) is 27.4 Å². The number of allylic oxidation sites excluding steroid dienone is 1. The van der Waals surface area contributed by atoms with Gasteiger partial charge in [0.1, 0.15) is 0 Å². The van der Waals surface area contributed by atoms with Crippen molar-refractivity contribution >= 4 is 17.8 Å². The molecule has 1 N–H and O–H groups in total. The predicted molar refractivity (Wildman–Crippen MR) is 142 cm³/mol. The van der Waals surface area contributed by atoms with Crippen molar-refractivity contribution in [3.63, 3.8) is 0 Å². The van der Waals surface area contributed by atoms with Gasteiger partial charge in [0.15, 0.2) is 0 Å². The molecule has 6 nitrogen and oxygen atoms in total. The summed E-state index contributed by atoms with van der Waals surface area (Å²) >= 11 is 0. The second-order valence-corrected chi connectivity index (χ2v) is 9.23. The van der Waals surface area contributed by atoms with E-state index in [1.807, 2.05) is 73.7 Å². The van der Waals surface area contributed by atoms with Crippen LogP contribution in [-0.4, -0.2) is 29.3 Å². The van der Waals surface area contributed by atoms with Gasteiger partial charge in [0.05, 0.1) is 18.7 Å². The molecule has 3 aromatic carbocycles. The van der Waals surface area contributed by atoms with Crippen molar-refractivity contribution in [3.05, 3.63) is 118 Å². The number of carbonyl (C=O) groups is 3. The molecule has 0 radical (unpaired) electrons. The van der Waals surface area contributed by atoms with E-state index in [-0.39, 0.29) is 30.8 Å². The van der Waals surface area contributed by atoms with Crippen molar-refractivity contribution in [1.29, 1.82) is 0 Å². The molecule has 0 saturated carbocycles. The summed E-state index contributed by atoms with van der Waals surface area (Å²) in [5, 5.41) is 2.92. The molecule has 0 saturated heterocycles. The quantitative estimate of drug-likeness (QED) is 0.431. The second-order valence-electron chi connectivity index (χ2n) is 9.23. The largest absolute Gasteiger partial charge is 0.463 e. The van der Waals surface area contributed by atoms with Crippen LogP contribution in [0.5, 0.6) is 0 Å². The number of hydrogen-bond donors (Lipinski definition) is 1. The number of carbonyl (C=O) groups excluding carboxylic acids is 3. The van der Waals surface area contributed by atoms with E-state index >= 15 is 0 Å². The number of esters is 1. The Hall–Kier alpha value is -4.19. The highest BCUT2D eigenvalue weighted by molar-refractivity contribution is 5.96. The molecule has 0 fully saturated rings. The number of nitrogens with zero attached hydrogens (tertiary/aromatic N) is 1. The third-order valence-electron chi connectivity index (χ3n) is 6.65. The fourth-order valence-electron chi connectivity index (χ4n) is 4.58. The standard InChI is InChI=1S/C31H32N2O4/c1-4-37-31(36)29-22(3)33(28(34)18-27(29)25-14-10-21(2)11-15-25)20-24-12-16-26(17-13-24)30(35)32-19-23-8-6-5-7-9-23/h5-17,27H,4,18-20H2,1-3H3,(H,32,35)/t27-/m0/s1. The first-order valence-electron chi connectivity index (χ1n) is 12.5. The molecule has 190 valence electrons. The van der Waals surface area contributed by atoms with Crippen LogP contribution in [0.4, 0.5) is 0 Å². The number of benzene rings is 3. The van der Waals surface area contributed by atoms with E-state index in [1.165, 1.54) is 0 Å². The number of nitrogens with one attached hydrogen (secondary N) is 1. The Labute approximate surface area is 218 Å². The average molecular weight is 497 g/mol. The zero-order chi connectivity index (χ0) is 26.4. The summed E-state index contributed by atoms with van der Waals surface area (Å²) in [6.45, 7) is 6.60. The third-order valence-corrected chi connectivity index (χ3v) is 6.65. The van der Waals surface area contributed by atoms with Crippen LogP contribution in [0.25, 0.3) is 0 Å². The molecule has 0 bridgehead atoms. The van der Waals surface area contributed by atoms with Gasteiger partial charge in [-0.2, -0.15) is 0 Å². The first-order valence-corrected chi connectivity index (χ1v) is 12.5. The van der Waals surface area contributed by atoms with E-state index in [0.717, 1.165) is 22.3 Å². The molecule has 37 heavy (non-hydrogen) atoms. The zero-order valence-electron chi connectivity index (χ0n) is 21.5. The maximum atomic E-state index is 13.3.